The number of rotatable bonds is 0. The third-order valence-electron chi connectivity index (χ3n) is 5.24. The van der Waals surface area contributed by atoms with E-state index < -0.39 is 0 Å². The quantitative estimate of drug-likeness (QED) is 0.381. The van der Waals surface area contributed by atoms with Crippen molar-refractivity contribution < 1.29 is 0 Å². The van der Waals surface area contributed by atoms with Gasteiger partial charge in [-0.15, -0.1) is 0 Å². The van der Waals surface area contributed by atoms with Crippen LogP contribution in [0.5, 0.6) is 0 Å². The molecule has 0 aliphatic carbocycles. The van der Waals surface area contributed by atoms with Crippen LogP contribution in [0.2, 0.25) is 0 Å². The Hall–Kier alpha value is -3.40. The molecular formula is C21H14N4. The maximum atomic E-state index is 4.60. The highest BCUT2D eigenvalue weighted by Crippen LogP contribution is 2.35. The predicted molar refractivity (Wildman–Crippen MR) is 102 cm³/mol. The van der Waals surface area contributed by atoms with Crippen LogP contribution < -0.4 is 0 Å². The molecule has 118 valence electrons. The van der Waals surface area contributed by atoms with Crippen LogP contribution in [0.15, 0.2) is 67.1 Å². The molecule has 4 nitrogen and oxygen atoms in total. The number of nitrogens with zero attached hydrogens (tertiary/aromatic N) is 4. The molecule has 4 aromatic heterocycles. The standard InChI is InChI=1S/C21H14N4/c1-24-18-7-3-2-5-13(18)16-11-15-14-6-4-8-22-20(14)25-10-9-23-21(25)17(15)12-19(16)24/h2-12H,1H3. The van der Waals surface area contributed by atoms with E-state index >= 15 is 0 Å². The first-order chi connectivity index (χ1) is 12.3. The summed E-state index contributed by atoms with van der Waals surface area (Å²) in [6, 6.07) is 17.3. The molecule has 0 spiro atoms. The first kappa shape index (κ1) is 13.0. The predicted octanol–water partition coefficient (Wildman–Crippen LogP) is 4.68. The number of imidazole rings is 1. The van der Waals surface area contributed by atoms with Crippen LogP contribution >= 0.6 is 0 Å². The van der Waals surface area contributed by atoms with Crippen molar-refractivity contribution in [1.29, 1.82) is 0 Å². The van der Waals surface area contributed by atoms with Gasteiger partial charge in [-0.25, -0.2) is 9.97 Å². The van der Waals surface area contributed by atoms with Gasteiger partial charge in [0.05, 0.1) is 0 Å². The van der Waals surface area contributed by atoms with Crippen molar-refractivity contribution in [3.05, 3.63) is 67.1 Å². The Morgan fingerprint density at radius 1 is 0.680 bits per heavy atom. The highest BCUT2D eigenvalue weighted by Gasteiger charge is 2.14. The second kappa shape index (κ2) is 4.36. The van der Waals surface area contributed by atoms with E-state index in [1.807, 2.05) is 24.7 Å². The normalized spacial score (nSPS) is 12.2. The number of para-hydroxylation sites is 1. The summed E-state index contributed by atoms with van der Waals surface area (Å²) in [5.41, 5.74) is 4.37. The van der Waals surface area contributed by atoms with Gasteiger partial charge in [0.2, 0.25) is 0 Å². The Morgan fingerprint density at radius 3 is 2.44 bits per heavy atom. The molecule has 0 N–H and O–H groups in total. The summed E-state index contributed by atoms with van der Waals surface area (Å²) in [5.74, 6) is 0. The van der Waals surface area contributed by atoms with Crippen molar-refractivity contribution in [3.8, 4) is 0 Å². The Balaban J connectivity index is 1.98. The minimum atomic E-state index is 0.946. The van der Waals surface area contributed by atoms with Crippen LogP contribution in [-0.4, -0.2) is 18.9 Å². The van der Waals surface area contributed by atoms with Crippen molar-refractivity contribution >= 4 is 49.3 Å². The van der Waals surface area contributed by atoms with E-state index in [1.165, 1.54) is 27.2 Å². The zero-order valence-electron chi connectivity index (χ0n) is 13.6. The summed E-state index contributed by atoms with van der Waals surface area (Å²) in [7, 11) is 2.13. The fraction of sp³-hybridized carbons (Fsp3) is 0.0476. The molecule has 0 saturated carbocycles. The summed E-state index contributed by atoms with van der Waals surface area (Å²) in [6.45, 7) is 0. The van der Waals surface area contributed by atoms with Gasteiger partial charge in [-0.1, -0.05) is 18.2 Å². The molecule has 0 unspecified atom stereocenters. The van der Waals surface area contributed by atoms with E-state index in [0.29, 0.717) is 0 Å². The molecule has 6 aromatic rings. The van der Waals surface area contributed by atoms with Crippen molar-refractivity contribution in [2.24, 2.45) is 7.05 Å². The van der Waals surface area contributed by atoms with Gasteiger partial charge in [0, 0.05) is 58.2 Å². The second-order valence-corrected chi connectivity index (χ2v) is 6.49. The second-order valence-electron chi connectivity index (χ2n) is 6.49. The van der Waals surface area contributed by atoms with Gasteiger partial charge >= 0.3 is 0 Å². The van der Waals surface area contributed by atoms with Gasteiger partial charge < -0.3 is 4.57 Å². The van der Waals surface area contributed by atoms with E-state index in [1.54, 1.807) is 0 Å². The van der Waals surface area contributed by atoms with Crippen LogP contribution in [0.3, 0.4) is 0 Å². The fourth-order valence-corrected chi connectivity index (χ4v) is 4.09. The Labute approximate surface area is 142 Å². The van der Waals surface area contributed by atoms with E-state index in [2.05, 4.69) is 68.4 Å². The first-order valence-electron chi connectivity index (χ1n) is 8.33. The molecule has 0 fully saturated rings. The monoisotopic (exact) mass is 322 g/mol. The Bertz CT molecular complexity index is 1450. The highest BCUT2D eigenvalue weighted by molar-refractivity contribution is 6.19. The maximum absolute atomic E-state index is 4.60. The minimum absolute atomic E-state index is 0.946. The van der Waals surface area contributed by atoms with Crippen LogP contribution in [0, 0.1) is 0 Å². The third-order valence-corrected chi connectivity index (χ3v) is 5.24. The number of aryl methyl sites for hydroxylation is 1. The van der Waals surface area contributed by atoms with Gasteiger partial charge in [-0.05, 0) is 35.7 Å². The molecule has 0 saturated heterocycles. The zero-order valence-corrected chi connectivity index (χ0v) is 13.6. The lowest BCUT2D eigenvalue weighted by Crippen LogP contribution is -1.93. The van der Waals surface area contributed by atoms with Crippen molar-refractivity contribution in [3.63, 3.8) is 0 Å². The third kappa shape index (κ3) is 1.51. The molecule has 0 atom stereocenters. The Kier molecular flexibility index (Phi) is 2.26. The van der Waals surface area contributed by atoms with Crippen LogP contribution in [0.4, 0.5) is 0 Å². The zero-order chi connectivity index (χ0) is 16.5. The number of hydrogen-bond acceptors (Lipinski definition) is 2. The van der Waals surface area contributed by atoms with Crippen LogP contribution in [-0.2, 0) is 7.05 Å². The largest absolute Gasteiger partial charge is 0.344 e. The van der Waals surface area contributed by atoms with Gasteiger partial charge in [-0.3, -0.25) is 4.40 Å². The van der Waals surface area contributed by atoms with Crippen molar-refractivity contribution in [2.75, 3.05) is 0 Å². The molecule has 0 aliphatic heterocycles. The SMILES string of the molecule is Cn1c2ccccc2c2cc3c4cccnc4n4ccnc4c3cc21. The molecule has 2 aromatic carbocycles. The molecule has 0 radical (unpaired) electrons. The van der Waals surface area contributed by atoms with Crippen LogP contribution in [0.25, 0.3) is 49.3 Å². The molecule has 4 heteroatoms. The van der Waals surface area contributed by atoms with E-state index in [0.717, 1.165) is 22.1 Å². The lowest BCUT2D eigenvalue weighted by Gasteiger charge is -2.08. The van der Waals surface area contributed by atoms with Crippen LogP contribution in [0.1, 0.15) is 0 Å². The fourth-order valence-electron chi connectivity index (χ4n) is 4.09. The maximum Gasteiger partial charge on any atom is 0.146 e. The van der Waals surface area contributed by atoms with E-state index in [4.69, 9.17) is 0 Å². The van der Waals surface area contributed by atoms with E-state index in [-0.39, 0.29) is 0 Å². The summed E-state index contributed by atoms with van der Waals surface area (Å²) >= 11 is 0. The average Bonchev–Trinajstić information content (AvgIpc) is 3.26. The first-order valence-corrected chi connectivity index (χ1v) is 8.33. The summed E-state index contributed by atoms with van der Waals surface area (Å²) in [6.07, 6.45) is 5.66. The highest BCUT2D eigenvalue weighted by atomic mass is 15.0. The molecule has 0 bridgehead atoms. The molecule has 0 aliphatic rings. The lowest BCUT2D eigenvalue weighted by atomic mass is 10.0. The molecule has 0 amide bonds. The number of pyridine rings is 2. The average molecular weight is 322 g/mol. The Morgan fingerprint density at radius 2 is 1.48 bits per heavy atom. The minimum Gasteiger partial charge on any atom is -0.344 e. The number of aromatic nitrogens is 4. The summed E-state index contributed by atoms with van der Waals surface area (Å²) in [5, 5.41) is 6.06. The lowest BCUT2D eigenvalue weighted by molar-refractivity contribution is 1.02. The molecule has 4 heterocycles. The summed E-state index contributed by atoms with van der Waals surface area (Å²) < 4.78 is 4.34. The van der Waals surface area contributed by atoms with Gasteiger partial charge in [0.25, 0.3) is 0 Å². The van der Waals surface area contributed by atoms with Gasteiger partial charge in [0.15, 0.2) is 0 Å². The topological polar surface area (TPSA) is 35.1 Å². The molecule has 6 rings (SSSR count). The van der Waals surface area contributed by atoms with Gasteiger partial charge in [0.1, 0.15) is 11.3 Å². The molecular weight excluding hydrogens is 308 g/mol. The van der Waals surface area contributed by atoms with E-state index in [9.17, 15) is 0 Å². The molecule has 25 heavy (non-hydrogen) atoms. The smallest absolute Gasteiger partial charge is 0.146 e. The van der Waals surface area contributed by atoms with Crippen molar-refractivity contribution in [1.82, 2.24) is 18.9 Å². The van der Waals surface area contributed by atoms with Gasteiger partial charge in [-0.2, -0.15) is 0 Å². The number of hydrogen-bond donors (Lipinski definition) is 0. The number of benzene rings is 2. The number of fused-ring (bicyclic) bond motifs is 9. The van der Waals surface area contributed by atoms with Crippen molar-refractivity contribution in [2.45, 2.75) is 0 Å². The summed E-state index contributed by atoms with van der Waals surface area (Å²) in [4.78, 5) is 9.20.